The lowest BCUT2D eigenvalue weighted by molar-refractivity contribution is -0.137. The molecule has 2 heterocycles. The molecule has 0 aliphatic rings. The molecule has 0 aliphatic heterocycles. The van der Waals surface area contributed by atoms with Gasteiger partial charge in [-0.3, -0.25) is 14.7 Å². The van der Waals surface area contributed by atoms with E-state index in [0.29, 0.717) is 22.4 Å². The number of halogens is 4. The number of H-pyrrole nitrogens is 2. The maximum atomic E-state index is 12.6. The van der Waals surface area contributed by atoms with Crippen molar-refractivity contribution in [2.24, 2.45) is 0 Å². The molecule has 0 bridgehead atoms. The lowest BCUT2D eigenvalue weighted by atomic mass is 10.2. The topological polar surface area (TPSA) is 90.6 Å². The Hall–Kier alpha value is -2.10. The van der Waals surface area contributed by atoms with Crippen LogP contribution in [-0.2, 0) is 6.18 Å². The second kappa shape index (κ2) is 5.35. The van der Waals surface area contributed by atoms with E-state index in [1.807, 2.05) is 4.98 Å². The predicted octanol–water partition coefficient (Wildman–Crippen LogP) is 2.44. The van der Waals surface area contributed by atoms with Crippen molar-refractivity contribution in [1.29, 1.82) is 0 Å². The SMILES string of the molecule is Cc1[nH]nc(C(=O)Nc2cc(C(F)(F)F)c[nH]c2=O)c1Br. The van der Waals surface area contributed by atoms with Crippen LogP contribution in [0.1, 0.15) is 21.7 Å². The minimum atomic E-state index is -4.63. The summed E-state index contributed by atoms with van der Waals surface area (Å²) in [4.78, 5) is 25.3. The van der Waals surface area contributed by atoms with Crippen molar-refractivity contribution in [3.63, 3.8) is 0 Å². The minimum absolute atomic E-state index is 0.0655. The normalized spacial score (nSPS) is 11.5. The zero-order chi connectivity index (χ0) is 15.8. The largest absolute Gasteiger partial charge is 0.417 e. The van der Waals surface area contributed by atoms with Crippen molar-refractivity contribution in [3.05, 3.63) is 44.0 Å². The van der Waals surface area contributed by atoms with Crippen molar-refractivity contribution < 1.29 is 18.0 Å². The quantitative estimate of drug-likeness (QED) is 0.764. The van der Waals surface area contributed by atoms with Gasteiger partial charge in [0.25, 0.3) is 11.5 Å². The maximum Gasteiger partial charge on any atom is 0.417 e. The van der Waals surface area contributed by atoms with Crippen molar-refractivity contribution in [2.75, 3.05) is 5.32 Å². The Kier molecular flexibility index (Phi) is 3.90. The van der Waals surface area contributed by atoms with Gasteiger partial charge in [0, 0.05) is 11.9 Å². The van der Waals surface area contributed by atoms with Crippen molar-refractivity contribution in [1.82, 2.24) is 15.2 Å². The molecule has 112 valence electrons. The summed E-state index contributed by atoms with van der Waals surface area (Å²) < 4.78 is 38.1. The number of hydrogen-bond donors (Lipinski definition) is 3. The van der Waals surface area contributed by atoms with Crippen LogP contribution < -0.4 is 10.9 Å². The first-order chi connectivity index (χ1) is 9.70. The summed E-state index contributed by atoms with van der Waals surface area (Å²) in [6.07, 6.45) is -4.10. The van der Waals surface area contributed by atoms with Crippen LogP contribution in [0.3, 0.4) is 0 Å². The number of alkyl halides is 3. The van der Waals surface area contributed by atoms with Gasteiger partial charge in [0.15, 0.2) is 5.69 Å². The highest BCUT2D eigenvalue weighted by atomic mass is 79.9. The third-order valence-corrected chi connectivity index (χ3v) is 3.54. The Labute approximate surface area is 123 Å². The van der Waals surface area contributed by atoms with Gasteiger partial charge in [0.2, 0.25) is 0 Å². The van der Waals surface area contributed by atoms with E-state index in [0.717, 1.165) is 0 Å². The molecule has 3 N–H and O–H groups in total. The fourth-order valence-corrected chi connectivity index (χ4v) is 1.85. The van der Waals surface area contributed by atoms with Crippen LogP contribution in [0.2, 0.25) is 0 Å². The molecule has 2 aromatic rings. The highest BCUT2D eigenvalue weighted by Crippen LogP contribution is 2.29. The van der Waals surface area contributed by atoms with Gasteiger partial charge in [0.1, 0.15) is 5.69 Å². The number of anilines is 1. The Morgan fingerprint density at radius 2 is 2.10 bits per heavy atom. The average Bonchev–Trinajstić information content (AvgIpc) is 2.71. The molecule has 0 aromatic carbocycles. The Bertz CT molecular complexity index is 751. The van der Waals surface area contributed by atoms with Gasteiger partial charge in [0.05, 0.1) is 10.0 Å². The van der Waals surface area contributed by atoms with Crippen molar-refractivity contribution in [2.45, 2.75) is 13.1 Å². The highest BCUT2D eigenvalue weighted by molar-refractivity contribution is 9.10. The smallest absolute Gasteiger partial charge is 0.327 e. The summed E-state index contributed by atoms with van der Waals surface area (Å²) in [5, 5.41) is 8.32. The first kappa shape index (κ1) is 15.3. The molecule has 1 amide bonds. The van der Waals surface area contributed by atoms with Gasteiger partial charge in [-0.1, -0.05) is 0 Å². The summed E-state index contributed by atoms with van der Waals surface area (Å²) in [6, 6.07) is 0.560. The average molecular weight is 365 g/mol. The number of hydrogen-bond acceptors (Lipinski definition) is 3. The van der Waals surface area contributed by atoms with E-state index in [4.69, 9.17) is 0 Å². The van der Waals surface area contributed by atoms with E-state index in [2.05, 4.69) is 31.4 Å². The number of carbonyl (C=O) groups is 1. The Morgan fingerprint density at radius 1 is 1.43 bits per heavy atom. The van der Waals surface area contributed by atoms with Crippen molar-refractivity contribution in [3.8, 4) is 0 Å². The molecule has 0 aliphatic carbocycles. The second-order valence-corrected chi connectivity index (χ2v) is 4.89. The predicted molar refractivity (Wildman–Crippen MR) is 71.0 cm³/mol. The summed E-state index contributed by atoms with van der Waals surface area (Å²) in [6.45, 7) is 1.64. The molecule has 6 nitrogen and oxygen atoms in total. The number of aryl methyl sites for hydroxylation is 1. The third-order valence-electron chi connectivity index (χ3n) is 2.57. The fraction of sp³-hybridized carbons (Fsp3) is 0.182. The molecule has 2 aromatic heterocycles. The Morgan fingerprint density at radius 3 is 2.62 bits per heavy atom. The van der Waals surface area contributed by atoms with Gasteiger partial charge in [-0.05, 0) is 28.9 Å². The number of nitrogens with zero attached hydrogens (tertiary/aromatic N) is 1. The number of pyridine rings is 1. The number of nitrogens with one attached hydrogen (secondary N) is 3. The first-order valence-electron chi connectivity index (χ1n) is 5.52. The molecular weight excluding hydrogens is 357 g/mol. The first-order valence-corrected chi connectivity index (χ1v) is 6.31. The number of rotatable bonds is 2. The molecule has 10 heteroatoms. The summed E-state index contributed by atoms with van der Waals surface area (Å²) in [5.74, 6) is -0.809. The van der Waals surface area contributed by atoms with E-state index in [-0.39, 0.29) is 5.69 Å². The van der Waals surface area contributed by atoms with Gasteiger partial charge in [-0.2, -0.15) is 18.3 Å². The van der Waals surface area contributed by atoms with E-state index in [9.17, 15) is 22.8 Å². The lowest BCUT2D eigenvalue weighted by Gasteiger charge is -2.08. The van der Waals surface area contributed by atoms with Gasteiger partial charge >= 0.3 is 6.18 Å². The summed E-state index contributed by atoms with van der Waals surface area (Å²) in [7, 11) is 0. The fourth-order valence-electron chi connectivity index (χ4n) is 1.49. The number of amides is 1. The van der Waals surface area contributed by atoms with E-state index >= 15 is 0 Å². The molecule has 0 radical (unpaired) electrons. The molecule has 0 fully saturated rings. The van der Waals surface area contributed by atoms with Crippen LogP contribution in [0.5, 0.6) is 0 Å². The van der Waals surface area contributed by atoms with Crippen LogP contribution in [0.15, 0.2) is 21.5 Å². The molecule has 21 heavy (non-hydrogen) atoms. The van der Waals surface area contributed by atoms with Crippen LogP contribution >= 0.6 is 15.9 Å². The van der Waals surface area contributed by atoms with E-state index in [1.165, 1.54) is 0 Å². The standard InChI is InChI=1S/C11H8BrF3N4O2/c1-4-7(12)8(19-18-4)10(21)17-6-2-5(11(13,14)15)3-16-9(6)20/h2-3H,1H3,(H,16,20)(H,17,21)(H,18,19). The van der Waals surface area contributed by atoms with Crippen LogP contribution in [0.4, 0.5) is 18.9 Å². The number of aromatic amines is 2. The van der Waals surface area contributed by atoms with E-state index < -0.39 is 28.9 Å². The van der Waals surface area contributed by atoms with Crippen LogP contribution in [-0.4, -0.2) is 21.1 Å². The number of carbonyl (C=O) groups excluding carboxylic acids is 1. The molecule has 0 unspecified atom stereocenters. The van der Waals surface area contributed by atoms with Gasteiger partial charge in [-0.15, -0.1) is 0 Å². The summed E-state index contributed by atoms with van der Waals surface area (Å²) >= 11 is 3.11. The van der Waals surface area contributed by atoms with Crippen molar-refractivity contribution >= 4 is 27.5 Å². The molecule has 0 saturated carbocycles. The zero-order valence-corrected chi connectivity index (χ0v) is 12.0. The lowest BCUT2D eigenvalue weighted by Crippen LogP contribution is -2.22. The van der Waals surface area contributed by atoms with Gasteiger partial charge in [-0.25, -0.2) is 0 Å². The molecule has 0 atom stereocenters. The molecule has 0 saturated heterocycles. The van der Waals surface area contributed by atoms with E-state index in [1.54, 1.807) is 6.92 Å². The monoisotopic (exact) mass is 364 g/mol. The Balaban J connectivity index is 2.33. The highest BCUT2D eigenvalue weighted by Gasteiger charge is 2.31. The maximum absolute atomic E-state index is 12.6. The summed E-state index contributed by atoms with van der Waals surface area (Å²) in [5.41, 5.74) is -1.93. The third kappa shape index (κ3) is 3.15. The minimum Gasteiger partial charge on any atom is -0.327 e. The molecule has 0 spiro atoms. The van der Waals surface area contributed by atoms with Crippen LogP contribution in [0.25, 0.3) is 0 Å². The zero-order valence-electron chi connectivity index (χ0n) is 10.4. The second-order valence-electron chi connectivity index (χ2n) is 4.09. The van der Waals surface area contributed by atoms with Gasteiger partial charge < -0.3 is 10.3 Å². The van der Waals surface area contributed by atoms with Crippen LogP contribution in [0, 0.1) is 6.92 Å². The molecular formula is C11H8BrF3N4O2. The molecule has 2 rings (SSSR count). The number of aromatic nitrogens is 3.